The molecule has 0 aromatic carbocycles. The predicted octanol–water partition coefficient (Wildman–Crippen LogP) is 3.94. The first-order chi connectivity index (χ1) is 10.2. The molecule has 1 N–H and O–H groups in total. The minimum atomic E-state index is 0.193. The third-order valence-electron chi connectivity index (χ3n) is 4.32. The molecule has 1 fully saturated rings. The van der Waals surface area contributed by atoms with Crippen molar-refractivity contribution < 1.29 is 0 Å². The Morgan fingerprint density at radius 1 is 1.24 bits per heavy atom. The highest BCUT2D eigenvalue weighted by Crippen LogP contribution is 2.25. The molecule has 4 heteroatoms. The van der Waals surface area contributed by atoms with E-state index >= 15 is 0 Å². The monoisotopic (exact) mass is 284 g/mol. The zero-order valence-corrected chi connectivity index (χ0v) is 12.9. The van der Waals surface area contributed by atoms with E-state index in [2.05, 4.69) is 39.0 Å². The lowest BCUT2D eigenvalue weighted by Crippen LogP contribution is -2.25. The van der Waals surface area contributed by atoms with E-state index in [1.165, 1.54) is 32.1 Å². The first kappa shape index (κ1) is 14.1. The normalized spacial score (nSPS) is 17.6. The minimum absolute atomic E-state index is 0.193. The summed E-state index contributed by atoms with van der Waals surface area (Å²) >= 11 is 0. The van der Waals surface area contributed by atoms with E-state index in [9.17, 15) is 0 Å². The lowest BCUT2D eigenvalue weighted by atomic mass is 9.96. The molecular formula is C17H24N4. The summed E-state index contributed by atoms with van der Waals surface area (Å²) in [4.78, 5) is 9.15. The second kappa shape index (κ2) is 6.29. The van der Waals surface area contributed by atoms with Crippen LogP contribution in [0.25, 0.3) is 0 Å². The number of nitrogens with one attached hydrogen (secondary N) is 1. The molecule has 0 spiro atoms. The molecule has 1 saturated carbocycles. The molecule has 0 saturated heterocycles. The van der Waals surface area contributed by atoms with Gasteiger partial charge in [-0.15, -0.1) is 0 Å². The third-order valence-corrected chi connectivity index (χ3v) is 4.32. The standard InChI is InChI=1S/C17H24N4/c1-13-12-21(14(2)16-10-6-7-11-18-16)17(19-13)20-15-8-4-3-5-9-15/h6-7,10-12,14-15H,3-5,8-9H2,1-2H3,(H,19,20). The van der Waals surface area contributed by atoms with Crippen LogP contribution in [0.1, 0.15) is 56.5 Å². The van der Waals surface area contributed by atoms with Gasteiger partial charge in [0.25, 0.3) is 0 Å². The second-order valence-corrected chi connectivity index (χ2v) is 6.02. The van der Waals surface area contributed by atoms with Crippen molar-refractivity contribution in [2.75, 3.05) is 5.32 Å². The van der Waals surface area contributed by atoms with Crippen molar-refractivity contribution in [1.82, 2.24) is 14.5 Å². The van der Waals surface area contributed by atoms with E-state index in [-0.39, 0.29) is 6.04 Å². The molecule has 0 radical (unpaired) electrons. The summed E-state index contributed by atoms with van der Waals surface area (Å²) in [5.41, 5.74) is 2.12. The van der Waals surface area contributed by atoms with Crippen LogP contribution in [-0.4, -0.2) is 20.6 Å². The van der Waals surface area contributed by atoms with Gasteiger partial charge in [-0.05, 0) is 38.8 Å². The fraction of sp³-hybridized carbons (Fsp3) is 0.529. The van der Waals surface area contributed by atoms with Crippen LogP contribution in [0.2, 0.25) is 0 Å². The molecule has 1 aliphatic carbocycles. The molecule has 0 aliphatic heterocycles. The fourth-order valence-electron chi connectivity index (χ4n) is 3.11. The predicted molar refractivity (Wildman–Crippen MR) is 85.5 cm³/mol. The Bertz CT molecular complexity index is 570. The summed E-state index contributed by atoms with van der Waals surface area (Å²) in [6, 6.07) is 6.83. The van der Waals surface area contributed by atoms with Crippen molar-refractivity contribution in [3.8, 4) is 0 Å². The Kier molecular flexibility index (Phi) is 4.23. The van der Waals surface area contributed by atoms with Gasteiger partial charge in [0.15, 0.2) is 0 Å². The highest BCUT2D eigenvalue weighted by atomic mass is 15.2. The number of imidazole rings is 1. The van der Waals surface area contributed by atoms with Gasteiger partial charge in [0, 0.05) is 18.4 Å². The van der Waals surface area contributed by atoms with Crippen molar-refractivity contribution >= 4 is 5.95 Å². The molecule has 0 amide bonds. The van der Waals surface area contributed by atoms with Gasteiger partial charge in [-0.1, -0.05) is 25.3 Å². The van der Waals surface area contributed by atoms with Crippen molar-refractivity contribution in [2.24, 2.45) is 0 Å². The van der Waals surface area contributed by atoms with E-state index in [0.29, 0.717) is 6.04 Å². The summed E-state index contributed by atoms with van der Waals surface area (Å²) in [5.74, 6) is 0.984. The third kappa shape index (κ3) is 3.26. The maximum atomic E-state index is 4.68. The van der Waals surface area contributed by atoms with Crippen LogP contribution >= 0.6 is 0 Å². The highest BCUT2D eigenvalue weighted by molar-refractivity contribution is 5.32. The molecule has 4 nitrogen and oxygen atoms in total. The number of aromatic nitrogens is 3. The average molecular weight is 284 g/mol. The van der Waals surface area contributed by atoms with E-state index in [0.717, 1.165) is 17.3 Å². The van der Waals surface area contributed by atoms with Gasteiger partial charge in [0.1, 0.15) is 0 Å². The lowest BCUT2D eigenvalue weighted by molar-refractivity contribution is 0.457. The number of hydrogen-bond acceptors (Lipinski definition) is 3. The molecule has 0 bridgehead atoms. The Balaban J connectivity index is 1.81. The van der Waals surface area contributed by atoms with Gasteiger partial charge in [-0.25, -0.2) is 4.98 Å². The molecule has 112 valence electrons. The van der Waals surface area contributed by atoms with Crippen LogP contribution in [0, 0.1) is 6.92 Å². The van der Waals surface area contributed by atoms with Crippen molar-refractivity contribution in [3.05, 3.63) is 42.0 Å². The van der Waals surface area contributed by atoms with Gasteiger partial charge >= 0.3 is 0 Å². The van der Waals surface area contributed by atoms with Crippen molar-refractivity contribution in [2.45, 2.75) is 58.0 Å². The largest absolute Gasteiger partial charge is 0.353 e. The summed E-state index contributed by atoms with van der Waals surface area (Å²) in [6.07, 6.45) is 10.5. The number of anilines is 1. The van der Waals surface area contributed by atoms with Gasteiger partial charge in [0.05, 0.1) is 17.4 Å². The van der Waals surface area contributed by atoms with Crippen molar-refractivity contribution in [1.29, 1.82) is 0 Å². The summed E-state index contributed by atoms with van der Waals surface area (Å²) < 4.78 is 2.21. The molecule has 2 aromatic rings. The molecule has 21 heavy (non-hydrogen) atoms. The molecule has 1 aliphatic rings. The SMILES string of the molecule is Cc1cn(C(C)c2ccccn2)c(NC2CCCCC2)n1. The fourth-order valence-corrected chi connectivity index (χ4v) is 3.11. The Labute approximate surface area is 126 Å². The van der Waals surface area contributed by atoms with Crippen LogP contribution in [0.3, 0.4) is 0 Å². The summed E-state index contributed by atoms with van der Waals surface area (Å²) in [7, 11) is 0. The number of rotatable bonds is 4. The maximum Gasteiger partial charge on any atom is 0.203 e. The highest BCUT2D eigenvalue weighted by Gasteiger charge is 2.19. The van der Waals surface area contributed by atoms with E-state index < -0.39 is 0 Å². The maximum absolute atomic E-state index is 4.68. The number of nitrogens with zero attached hydrogens (tertiary/aromatic N) is 3. The quantitative estimate of drug-likeness (QED) is 0.924. The molecule has 1 atom stereocenters. The average Bonchev–Trinajstić information content (AvgIpc) is 2.89. The zero-order valence-electron chi connectivity index (χ0n) is 12.9. The Morgan fingerprint density at radius 2 is 2.05 bits per heavy atom. The number of aryl methyl sites for hydroxylation is 1. The lowest BCUT2D eigenvalue weighted by Gasteiger charge is -2.25. The van der Waals surface area contributed by atoms with Gasteiger partial charge in [-0.3, -0.25) is 4.98 Å². The number of pyridine rings is 1. The first-order valence-electron chi connectivity index (χ1n) is 7.97. The van der Waals surface area contributed by atoms with Gasteiger partial charge in [-0.2, -0.15) is 0 Å². The summed E-state index contributed by atoms with van der Waals surface area (Å²) in [6.45, 7) is 4.23. The van der Waals surface area contributed by atoms with Crippen LogP contribution in [0.15, 0.2) is 30.6 Å². The van der Waals surface area contributed by atoms with Crippen LogP contribution in [0.4, 0.5) is 5.95 Å². The summed E-state index contributed by atoms with van der Waals surface area (Å²) in [5, 5.41) is 3.65. The molecule has 1 unspecified atom stereocenters. The second-order valence-electron chi connectivity index (χ2n) is 6.02. The zero-order chi connectivity index (χ0) is 14.7. The van der Waals surface area contributed by atoms with Crippen molar-refractivity contribution in [3.63, 3.8) is 0 Å². The van der Waals surface area contributed by atoms with E-state index in [4.69, 9.17) is 0 Å². The van der Waals surface area contributed by atoms with E-state index in [1.807, 2.05) is 25.3 Å². The molecule has 2 heterocycles. The smallest absolute Gasteiger partial charge is 0.203 e. The molecular weight excluding hydrogens is 260 g/mol. The van der Waals surface area contributed by atoms with Crippen LogP contribution < -0.4 is 5.32 Å². The van der Waals surface area contributed by atoms with Crippen LogP contribution in [0.5, 0.6) is 0 Å². The number of hydrogen-bond donors (Lipinski definition) is 1. The Morgan fingerprint density at radius 3 is 2.76 bits per heavy atom. The van der Waals surface area contributed by atoms with Crippen LogP contribution in [-0.2, 0) is 0 Å². The Hall–Kier alpha value is -1.84. The topological polar surface area (TPSA) is 42.7 Å². The molecule has 3 rings (SSSR count). The van der Waals surface area contributed by atoms with Gasteiger partial charge < -0.3 is 9.88 Å². The van der Waals surface area contributed by atoms with E-state index in [1.54, 1.807) is 0 Å². The van der Waals surface area contributed by atoms with Gasteiger partial charge in [0.2, 0.25) is 5.95 Å². The minimum Gasteiger partial charge on any atom is -0.353 e. The molecule has 2 aromatic heterocycles. The first-order valence-corrected chi connectivity index (χ1v) is 7.97.